The van der Waals surface area contributed by atoms with Crippen LogP contribution in [0.5, 0.6) is 0 Å². The van der Waals surface area contributed by atoms with Gasteiger partial charge in [0.25, 0.3) is 11.6 Å². The predicted octanol–water partition coefficient (Wildman–Crippen LogP) is 3.13. The second-order valence-electron chi connectivity index (χ2n) is 6.75. The number of amides is 1. The SMILES string of the molecule is O=C(OCC(=O)N1CCCc2cc([N+](=O)[O-])ccc21)C1Cc2ccccc2S1. The Morgan fingerprint density at radius 1 is 1.21 bits per heavy atom. The van der Waals surface area contributed by atoms with E-state index in [4.69, 9.17) is 4.74 Å². The zero-order valence-corrected chi connectivity index (χ0v) is 15.8. The Balaban J connectivity index is 1.39. The maximum absolute atomic E-state index is 12.6. The quantitative estimate of drug-likeness (QED) is 0.447. The van der Waals surface area contributed by atoms with Crippen LogP contribution in [-0.4, -0.2) is 35.2 Å². The predicted molar refractivity (Wildman–Crippen MR) is 105 cm³/mol. The molecule has 0 N–H and O–H groups in total. The molecule has 0 aliphatic carbocycles. The maximum atomic E-state index is 12.6. The number of nitrogens with zero attached hydrogens (tertiary/aromatic N) is 2. The molecule has 7 nitrogen and oxygen atoms in total. The molecule has 1 amide bonds. The first-order valence-corrected chi connectivity index (χ1v) is 9.90. The molecule has 1 atom stereocenters. The molecule has 2 aromatic carbocycles. The van der Waals surface area contributed by atoms with E-state index in [2.05, 4.69) is 0 Å². The summed E-state index contributed by atoms with van der Waals surface area (Å²) in [6.45, 7) is 0.174. The molecule has 0 radical (unpaired) electrons. The number of nitro benzene ring substituents is 1. The van der Waals surface area contributed by atoms with Gasteiger partial charge >= 0.3 is 5.97 Å². The number of esters is 1. The van der Waals surface area contributed by atoms with E-state index in [0.717, 1.165) is 16.0 Å². The summed E-state index contributed by atoms with van der Waals surface area (Å²) in [5.74, 6) is -0.709. The average Bonchev–Trinajstić information content (AvgIpc) is 3.15. The lowest BCUT2D eigenvalue weighted by molar-refractivity contribution is -0.384. The van der Waals surface area contributed by atoms with Gasteiger partial charge in [0.1, 0.15) is 5.25 Å². The molecule has 4 rings (SSSR count). The van der Waals surface area contributed by atoms with Crippen LogP contribution in [0.25, 0.3) is 0 Å². The van der Waals surface area contributed by atoms with Gasteiger partial charge in [0.05, 0.1) is 4.92 Å². The van der Waals surface area contributed by atoms with Crippen LogP contribution >= 0.6 is 11.8 Å². The third-order valence-corrected chi connectivity index (χ3v) is 6.24. The van der Waals surface area contributed by atoms with Gasteiger partial charge in [-0.05, 0) is 42.5 Å². The van der Waals surface area contributed by atoms with Crippen molar-refractivity contribution < 1.29 is 19.2 Å². The lowest BCUT2D eigenvalue weighted by Gasteiger charge is -2.29. The van der Waals surface area contributed by atoms with Gasteiger partial charge < -0.3 is 9.64 Å². The van der Waals surface area contributed by atoms with Crippen LogP contribution in [0.1, 0.15) is 17.5 Å². The molecule has 2 aliphatic rings. The second-order valence-corrected chi connectivity index (χ2v) is 7.99. The number of thioether (sulfide) groups is 1. The smallest absolute Gasteiger partial charge is 0.320 e. The molecule has 0 fully saturated rings. The van der Waals surface area contributed by atoms with Crippen molar-refractivity contribution in [2.45, 2.75) is 29.4 Å². The normalized spacial score (nSPS) is 17.6. The number of ether oxygens (including phenoxy) is 1. The molecule has 2 aliphatic heterocycles. The zero-order valence-electron chi connectivity index (χ0n) is 15.0. The van der Waals surface area contributed by atoms with Crippen molar-refractivity contribution in [3.63, 3.8) is 0 Å². The standard InChI is InChI=1S/C20H18N2O5S/c23-19(12-27-20(24)18-11-14-4-1-2-6-17(14)28-18)21-9-3-5-13-10-15(22(25)26)7-8-16(13)21/h1-2,4,6-8,10,18H,3,5,9,11-12H2. The number of benzene rings is 2. The molecule has 2 heterocycles. The lowest BCUT2D eigenvalue weighted by atomic mass is 10.0. The zero-order chi connectivity index (χ0) is 19.7. The number of anilines is 1. The van der Waals surface area contributed by atoms with Gasteiger partial charge in [0.2, 0.25) is 0 Å². The Morgan fingerprint density at radius 2 is 2.04 bits per heavy atom. The van der Waals surface area contributed by atoms with Crippen LogP contribution < -0.4 is 4.90 Å². The largest absolute Gasteiger partial charge is 0.455 e. The van der Waals surface area contributed by atoms with E-state index in [1.807, 2.05) is 24.3 Å². The summed E-state index contributed by atoms with van der Waals surface area (Å²) < 4.78 is 5.29. The van der Waals surface area contributed by atoms with Gasteiger partial charge in [-0.3, -0.25) is 19.7 Å². The monoisotopic (exact) mass is 398 g/mol. The lowest BCUT2D eigenvalue weighted by Crippen LogP contribution is -2.39. The van der Waals surface area contributed by atoms with Gasteiger partial charge in [-0.2, -0.15) is 0 Å². The van der Waals surface area contributed by atoms with E-state index in [0.29, 0.717) is 31.5 Å². The van der Waals surface area contributed by atoms with Crippen molar-refractivity contribution >= 4 is 35.0 Å². The highest BCUT2D eigenvalue weighted by Crippen LogP contribution is 2.37. The highest BCUT2D eigenvalue weighted by molar-refractivity contribution is 8.01. The molecule has 1 unspecified atom stereocenters. The van der Waals surface area contributed by atoms with Gasteiger partial charge in [-0.25, -0.2) is 0 Å². The van der Waals surface area contributed by atoms with Crippen molar-refractivity contribution in [2.24, 2.45) is 0 Å². The fourth-order valence-electron chi connectivity index (χ4n) is 3.57. The van der Waals surface area contributed by atoms with Crippen LogP contribution in [-0.2, 0) is 27.2 Å². The van der Waals surface area contributed by atoms with Gasteiger partial charge in [0.15, 0.2) is 6.61 Å². The molecule has 0 bridgehead atoms. The number of aryl methyl sites for hydroxylation is 1. The number of fused-ring (bicyclic) bond motifs is 2. The number of non-ortho nitro benzene ring substituents is 1. The van der Waals surface area contributed by atoms with Crippen molar-refractivity contribution in [3.8, 4) is 0 Å². The Bertz CT molecular complexity index is 936. The Morgan fingerprint density at radius 3 is 2.82 bits per heavy atom. The third kappa shape index (κ3) is 3.60. The molecule has 0 aromatic heterocycles. The summed E-state index contributed by atoms with van der Waals surface area (Å²) in [5.41, 5.74) is 2.55. The van der Waals surface area contributed by atoms with E-state index in [1.165, 1.54) is 23.9 Å². The number of carbonyl (C=O) groups excluding carboxylic acids is 2. The highest BCUT2D eigenvalue weighted by atomic mass is 32.2. The minimum absolute atomic E-state index is 0.0114. The highest BCUT2D eigenvalue weighted by Gasteiger charge is 2.31. The molecular weight excluding hydrogens is 380 g/mol. The van der Waals surface area contributed by atoms with Gasteiger partial charge in [0, 0.05) is 29.3 Å². The minimum atomic E-state index is -0.444. The van der Waals surface area contributed by atoms with E-state index >= 15 is 0 Å². The Hall–Kier alpha value is -2.87. The number of hydrogen-bond donors (Lipinski definition) is 0. The van der Waals surface area contributed by atoms with E-state index in [9.17, 15) is 19.7 Å². The third-order valence-electron chi connectivity index (χ3n) is 4.94. The average molecular weight is 398 g/mol. The van der Waals surface area contributed by atoms with Crippen molar-refractivity contribution in [1.82, 2.24) is 0 Å². The molecule has 0 saturated heterocycles. The Labute approximate surface area is 165 Å². The maximum Gasteiger partial charge on any atom is 0.320 e. The van der Waals surface area contributed by atoms with Crippen LogP contribution in [0.2, 0.25) is 0 Å². The molecule has 2 aromatic rings. The van der Waals surface area contributed by atoms with Crippen LogP contribution in [0.15, 0.2) is 47.4 Å². The second kappa shape index (κ2) is 7.63. The first kappa shape index (κ1) is 18.5. The first-order chi connectivity index (χ1) is 13.5. The fraction of sp³-hybridized carbons (Fsp3) is 0.300. The van der Waals surface area contributed by atoms with Crippen LogP contribution in [0.4, 0.5) is 11.4 Å². The summed E-state index contributed by atoms with van der Waals surface area (Å²) in [4.78, 5) is 38.1. The minimum Gasteiger partial charge on any atom is -0.455 e. The van der Waals surface area contributed by atoms with Crippen molar-refractivity contribution in [1.29, 1.82) is 0 Å². The van der Waals surface area contributed by atoms with E-state index < -0.39 is 10.9 Å². The van der Waals surface area contributed by atoms with Gasteiger partial charge in [-0.1, -0.05) is 18.2 Å². The molecule has 0 saturated carbocycles. The Kier molecular flexibility index (Phi) is 5.04. The van der Waals surface area contributed by atoms with Crippen molar-refractivity contribution in [2.75, 3.05) is 18.1 Å². The number of hydrogen-bond acceptors (Lipinski definition) is 6. The summed E-state index contributed by atoms with van der Waals surface area (Å²) in [6, 6.07) is 12.3. The van der Waals surface area contributed by atoms with Crippen molar-refractivity contribution in [3.05, 3.63) is 63.7 Å². The van der Waals surface area contributed by atoms with E-state index in [1.54, 1.807) is 11.0 Å². The molecule has 28 heavy (non-hydrogen) atoms. The molecule has 8 heteroatoms. The fourth-order valence-corrected chi connectivity index (χ4v) is 4.77. The van der Waals surface area contributed by atoms with Crippen LogP contribution in [0, 0.1) is 10.1 Å². The van der Waals surface area contributed by atoms with Crippen LogP contribution in [0.3, 0.4) is 0 Å². The number of carbonyl (C=O) groups is 2. The first-order valence-electron chi connectivity index (χ1n) is 9.02. The van der Waals surface area contributed by atoms with Gasteiger partial charge in [-0.15, -0.1) is 11.8 Å². The topological polar surface area (TPSA) is 89.8 Å². The number of nitro groups is 1. The number of rotatable bonds is 4. The van der Waals surface area contributed by atoms with E-state index in [-0.39, 0.29) is 23.5 Å². The summed E-state index contributed by atoms with van der Waals surface area (Å²) in [7, 11) is 0. The molecule has 0 spiro atoms. The molecule has 144 valence electrons. The summed E-state index contributed by atoms with van der Waals surface area (Å²) >= 11 is 1.46. The summed E-state index contributed by atoms with van der Waals surface area (Å²) in [5, 5.41) is 10.6. The molecular formula is C20H18N2O5S. The summed E-state index contributed by atoms with van der Waals surface area (Å²) in [6.07, 6.45) is 1.99.